The van der Waals surface area contributed by atoms with Gasteiger partial charge in [0.05, 0.1) is 7.11 Å². The predicted molar refractivity (Wildman–Crippen MR) is 115 cm³/mol. The Morgan fingerprint density at radius 3 is 2.59 bits per heavy atom. The topological polar surface area (TPSA) is 91.1 Å². The highest BCUT2D eigenvalue weighted by Crippen LogP contribution is 2.35. The third kappa shape index (κ3) is 4.16. The minimum absolute atomic E-state index is 0.180. The number of carbonyl (C=O) groups is 2. The summed E-state index contributed by atoms with van der Waals surface area (Å²) in [7, 11) is 1.51. The molecule has 1 aromatic heterocycles. The average Bonchev–Trinajstić information content (AvgIpc) is 3.32. The maximum atomic E-state index is 12.5. The van der Waals surface area contributed by atoms with Crippen LogP contribution in [-0.4, -0.2) is 35.5 Å². The number of hydrogen-bond donors (Lipinski definition) is 0. The second-order valence-corrected chi connectivity index (χ2v) is 7.34. The van der Waals surface area contributed by atoms with E-state index in [4.69, 9.17) is 18.6 Å². The molecule has 1 saturated heterocycles. The number of nitrogens with zero attached hydrogens (tertiary/aromatic N) is 2. The SMILES string of the molecule is CCCN1C(=O)OC(c2ccc(OCc3nc(-c4ccccc4)oc3C)c(OC)c2)C1=O. The first-order valence-corrected chi connectivity index (χ1v) is 10.4. The summed E-state index contributed by atoms with van der Waals surface area (Å²) >= 11 is 0. The van der Waals surface area contributed by atoms with Crippen LogP contribution in [0.5, 0.6) is 11.5 Å². The number of hydrogen-bond acceptors (Lipinski definition) is 7. The number of cyclic esters (lactones) is 1. The van der Waals surface area contributed by atoms with E-state index in [9.17, 15) is 9.59 Å². The summed E-state index contributed by atoms with van der Waals surface area (Å²) < 4.78 is 22.4. The summed E-state index contributed by atoms with van der Waals surface area (Å²) in [6.07, 6.45) is -0.947. The van der Waals surface area contributed by atoms with E-state index in [1.165, 1.54) is 7.11 Å². The van der Waals surface area contributed by atoms with Gasteiger partial charge in [0.15, 0.2) is 11.5 Å². The highest BCUT2D eigenvalue weighted by molar-refractivity contribution is 6.00. The van der Waals surface area contributed by atoms with Crippen molar-refractivity contribution in [2.45, 2.75) is 33.0 Å². The van der Waals surface area contributed by atoms with Gasteiger partial charge in [0.25, 0.3) is 5.91 Å². The molecule has 2 amide bonds. The van der Waals surface area contributed by atoms with E-state index in [2.05, 4.69) is 4.98 Å². The van der Waals surface area contributed by atoms with Gasteiger partial charge in [-0.25, -0.2) is 14.7 Å². The zero-order chi connectivity index (χ0) is 22.7. The number of amides is 2. The van der Waals surface area contributed by atoms with Crippen LogP contribution in [0.3, 0.4) is 0 Å². The van der Waals surface area contributed by atoms with Crippen LogP contribution in [0.4, 0.5) is 4.79 Å². The molecule has 32 heavy (non-hydrogen) atoms. The van der Waals surface area contributed by atoms with E-state index in [-0.39, 0.29) is 12.5 Å². The van der Waals surface area contributed by atoms with Crippen LogP contribution >= 0.6 is 0 Å². The van der Waals surface area contributed by atoms with Crippen molar-refractivity contribution in [2.24, 2.45) is 0 Å². The van der Waals surface area contributed by atoms with Gasteiger partial charge in [-0.2, -0.15) is 0 Å². The summed E-state index contributed by atoms with van der Waals surface area (Å²) in [5.74, 6) is 1.71. The molecule has 0 aliphatic carbocycles. The van der Waals surface area contributed by atoms with E-state index in [0.29, 0.717) is 47.4 Å². The molecule has 1 unspecified atom stereocenters. The lowest BCUT2D eigenvalue weighted by atomic mass is 10.1. The zero-order valence-electron chi connectivity index (χ0n) is 18.2. The molecule has 0 radical (unpaired) electrons. The number of methoxy groups -OCH3 is 1. The molecule has 2 heterocycles. The van der Waals surface area contributed by atoms with Crippen molar-refractivity contribution in [1.82, 2.24) is 9.88 Å². The summed E-state index contributed by atoms with van der Waals surface area (Å²) in [6.45, 7) is 4.23. The van der Waals surface area contributed by atoms with Crippen molar-refractivity contribution in [1.29, 1.82) is 0 Å². The van der Waals surface area contributed by atoms with Gasteiger partial charge in [-0.3, -0.25) is 4.79 Å². The van der Waals surface area contributed by atoms with Crippen LogP contribution in [0.15, 0.2) is 52.9 Å². The molecule has 0 spiro atoms. The second-order valence-electron chi connectivity index (χ2n) is 7.34. The molecule has 0 bridgehead atoms. The third-order valence-corrected chi connectivity index (χ3v) is 5.14. The lowest BCUT2D eigenvalue weighted by molar-refractivity contribution is -0.129. The molecule has 1 aliphatic heterocycles. The van der Waals surface area contributed by atoms with Crippen molar-refractivity contribution in [2.75, 3.05) is 13.7 Å². The Balaban J connectivity index is 1.49. The van der Waals surface area contributed by atoms with Crippen molar-refractivity contribution >= 4 is 12.0 Å². The Bertz CT molecular complexity index is 1120. The zero-order valence-corrected chi connectivity index (χ0v) is 18.2. The molecule has 0 saturated carbocycles. The second kappa shape index (κ2) is 9.13. The van der Waals surface area contributed by atoms with Crippen LogP contribution in [-0.2, 0) is 16.1 Å². The smallest absolute Gasteiger partial charge is 0.417 e. The van der Waals surface area contributed by atoms with Gasteiger partial charge in [-0.05, 0) is 37.6 Å². The number of imide groups is 1. The molecule has 8 heteroatoms. The molecule has 2 aromatic carbocycles. The Kier molecular flexibility index (Phi) is 6.11. The number of oxazole rings is 1. The fraction of sp³-hybridized carbons (Fsp3) is 0.292. The Morgan fingerprint density at radius 2 is 1.88 bits per heavy atom. The molecule has 1 fully saturated rings. The van der Waals surface area contributed by atoms with Gasteiger partial charge in [0.2, 0.25) is 12.0 Å². The number of aryl methyl sites for hydroxylation is 1. The molecular weight excluding hydrogens is 412 g/mol. The minimum atomic E-state index is -0.983. The fourth-order valence-electron chi connectivity index (χ4n) is 3.46. The number of carbonyl (C=O) groups excluding carboxylic acids is 2. The highest BCUT2D eigenvalue weighted by atomic mass is 16.6. The molecule has 1 atom stereocenters. The van der Waals surface area contributed by atoms with Gasteiger partial charge in [0, 0.05) is 17.7 Å². The molecule has 8 nitrogen and oxygen atoms in total. The van der Waals surface area contributed by atoms with E-state index in [0.717, 1.165) is 10.5 Å². The molecular formula is C24H24N2O6. The fourth-order valence-corrected chi connectivity index (χ4v) is 3.46. The first-order chi connectivity index (χ1) is 15.5. The molecule has 3 aromatic rings. The van der Waals surface area contributed by atoms with E-state index in [1.54, 1.807) is 18.2 Å². The summed E-state index contributed by atoms with van der Waals surface area (Å²) in [5, 5.41) is 0. The third-order valence-electron chi connectivity index (χ3n) is 5.14. The number of rotatable bonds is 8. The number of ether oxygens (including phenoxy) is 3. The maximum absolute atomic E-state index is 12.5. The van der Waals surface area contributed by atoms with E-state index < -0.39 is 12.2 Å². The summed E-state index contributed by atoms with van der Waals surface area (Å²) in [6, 6.07) is 14.6. The monoisotopic (exact) mass is 436 g/mol. The summed E-state index contributed by atoms with van der Waals surface area (Å²) in [4.78, 5) is 30.2. The van der Waals surface area contributed by atoms with Crippen LogP contribution in [0, 0.1) is 6.92 Å². The Labute approximate surface area is 185 Å². The first-order valence-electron chi connectivity index (χ1n) is 10.4. The standard InChI is InChI=1S/C24H24N2O6/c1-4-12-26-23(27)21(32-24(26)28)17-10-11-19(20(13-17)29-3)30-14-18-15(2)31-22(25-18)16-8-6-5-7-9-16/h5-11,13,21H,4,12,14H2,1-3H3. The average molecular weight is 436 g/mol. The van der Waals surface area contributed by atoms with Gasteiger partial charge >= 0.3 is 6.09 Å². The Hall–Kier alpha value is -3.81. The highest BCUT2D eigenvalue weighted by Gasteiger charge is 2.41. The van der Waals surface area contributed by atoms with Crippen molar-refractivity contribution < 1.29 is 28.2 Å². The quantitative estimate of drug-likeness (QED) is 0.507. The van der Waals surface area contributed by atoms with Gasteiger partial charge in [0.1, 0.15) is 18.1 Å². The normalized spacial score (nSPS) is 15.7. The van der Waals surface area contributed by atoms with Crippen molar-refractivity contribution in [3.8, 4) is 23.0 Å². The molecule has 4 rings (SSSR count). The lowest BCUT2D eigenvalue weighted by Crippen LogP contribution is -2.30. The Morgan fingerprint density at radius 1 is 1.09 bits per heavy atom. The molecule has 1 aliphatic rings. The van der Waals surface area contributed by atoms with Gasteiger partial charge in [-0.15, -0.1) is 0 Å². The van der Waals surface area contributed by atoms with Crippen LogP contribution in [0.25, 0.3) is 11.5 Å². The predicted octanol–water partition coefficient (Wildman–Crippen LogP) is 4.67. The van der Waals surface area contributed by atoms with Crippen LogP contribution in [0.2, 0.25) is 0 Å². The largest absolute Gasteiger partial charge is 0.493 e. The molecule has 0 N–H and O–H groups in total. The maximum Gasteiger partial charge on any atom is 0.417 e. The lowest BCUT2D eigenvalue weighted by Gasteiger charge is -2.13. The first kappa shape index (κ1) is 21.4. The van der Waals surface area contributed by atoms with Crippen LogP contribution < -0.4 is 9.47 Å². The summed E-state index contributed by atoms with van der Waals surface area (Å²) in [5.41, 5.74) is 2.08. The van der Waals surface area contributed by atoms with Gasteiger partial charge in [-0.1, -0.05) is 31.2 Å². The van der Waals surface area contributed by atoms with Crippen LogP contribution in [0.1, 0.15) is 36.5 Å². The number of benzene rings is 2. The van der Waals surface area contributed by atoms with Crippen molar-refractivity contribution in [3.63, 3.8) is 0 Å². The van der Waals surface area contributed by atoms with Gasteiger partial charge < -0.3 is 18.6 Å². The molecule has 166 valence electrons. The minimum Gasteiger partial charge on any atom is -0.493 e. The van der Waals surface area contributed by atoms with E-state index >= 15 is 0 Å². The van der Waals surface area contributed by atoms with Crippen molar-refractivity contribution in [3.05, 3.63) is 65.5 Å². The van der Waals surface area contributed by atoms with E-state index in [1.807, 2.05) is 44.2 Å². The number of aromatic nitrogens is 1.